The van der Waals surface area contributed by atoms with Gasteiger partial charge in [0.15, 0.2) is 11.2 Å². The van der Waals surface area contributed by atoms with Gasteiger partial charge in [0, 0.05) is 17.5 Å². The molecule has 0 bridgehead atoms. The fourth-order valence-corrected chi connectivity index (χ4v) is 4.46. The molecule has 27 heavy (non-hydrogen) atoms. The Morgan fingerprint density at radius 2 is 2.07 bits per heavy atom. The van der Waals surface area contributed by atoms with Crippen LogP contribution in [0.1, 0.15) is 39.9 Å². The van der Waals surface area contributed by atoms with E-state index in [9.17, 15) is 9.59 Å². The first kappa shape index (κ1) is 17.9. The van der Waals surface area contributed by atoms with Crippen LogP contribution in [0, 0.1) is 6.92 Å². The highest BCUT2D eigenvalue weighted by atomic mass is 32.1. The maximum Gasteiger partial charge on any atom is 0.287 e. The first-order chi connectivity index (χ1) is 13.1. The molecule has 1 fully saturated rings. The van der Waals surface area contributed by atoms with Crippen LogP contribution in [0.4, 0.5) is 0 Å². The minimum absolute atomic E-state index is 0.0581. The predicted molar refractivity (Wildman–Crippen MR) is 107 cm³/mol. The number of carbonyl (C=O) groups excluding carboxylic acids is 1. The van der Waals surface area contributed by atoms with Gasteiger partial charge in [-0.1, -0.05) is 17.7 Å². The molecule has 2 aromatic heterocycles. The SMILES string of the molecule is Cc1ccc2oc(C(=O)NCC(c3cccs3)N3CCCC3)cc(=O)c2c1. The Labute approximate surface area is 161 Å². The van der Waals surface area contributed by atoms with Crippen LogP contribution in [-0.2, 0) is 0 Å². The molecule has 1 amide bonds. The van der Waals surface area contributed by atoms with Gasteiger partial charge < -0.3 is 9.73 Å². The van der Waals surface area contributed by atoms with Gasteiger partial charge in [-0.05, 0) is 56.4 Å². The summed E-state index contributed by atoms with van der Waals surface area (Å²) in [5, 5.41) is 5.52. The van der Waals surface area contributed by atoms with E-state index in [1.807, 2.05) is 19.1 Å². The number of hydrogen-bond donors (Lipinski definition) is 1. The molecular weight excluding hydrogens is 360 g/mol. The van der Waals surface area contributed by atoms with Crippen molar-refractivity contribution in [2.24, 2.45) is 0 Å². The number of aryl methyl sites for hydroxylation is 1. The first-order valence-corrected chi connectivity index (χ1v) is 10.1. The van der Waals surface area contributed by atoms with Crippen LogP contribution in [0.25, 0.3) is 11.0 Å². The number of fused-ring (bicyclic) bond motifs is 1. The molecule has 1 N–H and O–H groups in total. The van der Waals surface area contributed by atoms with Crippen molar-refractivity contribution in [3.8, 4) is 0 Å². The molecule has 1 aromatic carbocycles. The third kappa shape index (κ3) is 3.82. The summed E-state index contributed by atoms with van der Waals surface area (Å²) in [5.41, 5.74) is 1.23. The van der Waals surface area contributed by atoms with Crippen LogP contribution in [0.15, 0.2) is 51.0 Å². The number of nitrogens with one attached hydrogen (secondary N) is 1. The van der Waals surface area contributed by atoms with Crippen molar-refractivity contribution in [1.29, 1.82) is 0 Å². The number of nitrogens with zero attached hydrogens (tertiary/aromatic N) is 1. The number of hydrogen-bond acceptors (Lipinski definition) is 5. The number of benzene rings is 1. The van der Waals surface area contributed by atoms with Crippen molar-refractivity contribution in [3.05, 3.63) is 68.2 Å². The smallest absolute Gasteiger partial charge is 0.287 e. The molecule has 4 rings (SSSR count). The second-order valence-corrected chi connectivity index (χ2v) is 7.94. The van der Waals surface area contributed by atoms with Gasteiger partial charge in [0.25, 0.3) is 5.91 Å². The molecule has 0 aliphatic carbocycles. The molecule has 3 heterocycles. The highest BCUT2D eigenvalue weighted by Crippen LogP contribution is 2.28. The van der Waals surface area contributed by atoms with Crippen molar-refractivity contribution in [1.82, 2.24) is 10.2 Å². The number of amides is 1. The Kier molecular flexibility index (Phi) is 5.09. The molecule has 5 nitrogen and oxygen atoms in total. The molecule has 0 spiro atoms. The molecule has 1 aliphatic heterocycles. The second kappa shape index (κ2) is 7.66. The first-order valence-electron chi connectivity index (χ1n) is 9.22. The second-order valence-electron chi connectivity index (χ2n) is 6.96. The lowest BCUT2D eigenvalue weighted by Gasteiger charge is -2.26. The van der Waals surface area contributed by atoms with Crippen molar-refractivity contribution < 1.29 is 9.21 Å². The third-order valence-corrected chi connectivity index (χ3v) is 5.99. The normalized spacial score (nSPS) is 15.9. The third-order valence-electron chi connectivity index (χ3n) is 5.02. The van der Waals surface area contributed by atoms with Gasteiger partial charge in [-0.15, -0.1) is 11.3 Å². The van der Waals surface area contributed by atoms with Gasteiger partial charge in [0.1, 0.15) is 5.58 Å². The summed E-state index contributed by atoms with van der Waals surface area (Å²) in [6, 6.07) is 11.0. The van der Waals surface area contributed by atoms with E-state index in [0.717, 1.165) is 18.7 Å². The summed E-state index contributed by atoms with van der Waals surface area (Å²) < 4.78 is 5.68. The van der Waals surface area contributed by atoms with Gasteiger partial charge in [0.05, 0.1) is 11.4 Å². The maximum absolute atomic E-state index is 12.6. The van der Waals surface area contributed by atoms with E-state index < -0.39 is 0 Å². The Bertz CT molecular complexity index is 1000. The molecule has 1 aliphatic rings. The average molecular weight is 382 g/mol. The fraction of sp³-hybridized carbons (Fsp3) is 0.333. The zero-order valence-corrected chi connectivity index (χ0v) is 16.1. The lowest BCUT2D eigenvalue weighted by Crippen LogP contribution is -2.36. The zero-order valence-electron chi connectivity index (χ0n) is 15.2. The van der Waals surface area contributed by atoms with E-state index in [0.29, 0.717) is 17.5 Å². The Balaban J connectivity index is 1.53. The largest absolute Gasteiger partial charge is 0.451 e. The van der Waals surface area contributed by atoms with Crippen LogP contribution < -0.4 is 10.7 Å². The molecule has 1 atom stereocenters. The molecular formula is C21H22N2O3S. The topological polar surface area (TPSA) is 62.6 Å². The summed E-state index contributed by atoms with van der Waals surface area (Å²) in [6.45, 7) is 4.50. The average Bonchev–Trinajstić information content (AvgIpc) is 3.36. The van der Waals surface area contributed by atoms with Gasteiger partial charge in [0.2, 0.25) is 0 Å². The number of carbonyl (C=O) groups is 1. The maximum atomic E-state index is 12.6. The van der Waals surface area contributed by atoms with Crippen LogP contribution in [0.5, 0.6) is 0 Å². The quantitative estimate of drug-likeness (QED) is 0.730. The van der Waals surface area contributed by atoms with Crippen LogP contribution in [0.2, 0.25) is 0 Å². The lowest BCUT2D eigenvalue weighted by molar-refractivity contribution is 0.0911. The number of thiophene rings is 1. The molecule has 1 saturated heterocycles. The van der Waals surface area contributed by atoms with Crippen molar-refractivity contribution in [2.75, 3.05) is 19.6 Å². The van der Waals surface area contributed by atoms with E-state index in [1.165, 1.54) is 23.8 Å². The summed E-state index contributed by atoms with van der Waals surface area (Å²) in [5.74, 6) is -0.293. The minimum Gasteiger partial charge on any atom is -0.451 e. The zero-order chi connectivity index (χ0) is 18.8. The van der Waals surface area contributed by atoms with E-state index in [-0.39, 0.29) is 23.1 Å². The van der Waals surface area contributed by atoms with E-state index in [2.05, 4.69) is 21.7 Å². The van der Waals surface area contributed by atoms with Gasteiger partial charge >= 0.3 is 0 Å². The van der Waals surface area contributed by atoms with Crippen LogP contribution in [-0.4, -0.2) is 30.4 Å². The van der Waals surface area contributed by atoms with E-state index >= 15 is 0 Å². The minimum atomic E-state index is -0.352. The fourth-order valence-electron chi connectivity index (χ4n) is 3.60. The molecule has 6 heteroatoms. The van der Waals surface area contributed by atoms with E-state index in [1.54, 1.807) is 23.5 Å². The Morgan fingerprint density at radius 3 is 2.81 bits per heavy atom. The summed E-state index contributed by atoms with van der Waals surface area (Å²) >= 11 is 1.70. The molecule has 3 aromatic rings. The monoisotopic (exact) mass is 382 g/mol. The van der Waals surface area contributed by atoms with Crippen molar-refractivity contribution >= 4 is 28.2 Å². The molecule has 1 unspecified atom stereocenters. The van der Waals surface area contributed by atoms with Gasteiger partial charge in [-0.3, -0.25) is 14.5 Å². The Hall–Kier alpha value is -2.44. The summed E-state index contributed by atoms with van der Waals surface area (Å²) in [7, 11) is 0. The van der Waals surface area contributed by atoms with Crippen LogP contribution in [0.3, 0.4) is 0 Å². The molecule has 0 radical (unpaired) electrons. The van der Waals surface area contributed by atoms with Gasteiger partial charge in [-0.2, -0.15) is 0 Å². The highest BCUT2D eigenvalue weighted by Gasteiger charge is 2.25. The van der Waals surface area contributed by atoms with Crippen molar-refractivity contribution in [3.63, 3.8) is 0 Å². The Morgan fingerprint density at radius 1 is 1.26 bits per heavy atom. The predicted octanol–water partition coefficient (Wildman–Crippen LogP) is 3.73. The van der Waals surface area contributed by atoms with Crippen molar-refractivity contribution in [2.45, 2.75) is 25.8 Å². The van der Waals surface area contributed by atoms with E-state index in [4.69, 9.17) is 4.42 Å². The lowest BCUT2D eigenvalue weighted by atomic mass is 10.1. The number of rotatable bonds is 5. The summed E-state index contributed by atoms with van der Waals surface area (Å²) in [4.78, 5) is 28.6. The highest BCUT2D eigenvalue weighted by molar-refractivity contribution is 7.10. The summed E-state index contributed by atoms with van der Waals surface area (Å²) in [6.07, 6.45) is 2.38. The number of likely N-dealkylation sites (tertiary alicyclic amines) is 1. The van der Waals surface area contributed by atoms with Crippen LogP contribution >= 0.6 is 11.3 Å². The molecule has 140 valence electrons. The standard InChI is InChI=1S/C21H22N2O3S/c1-14-6-7-18-15(11-14)17(24)12-19(26-18)21(25)22-13-16(20-5-4-10-27-20)23-8-2-3-9-23/h4-7,10-12,16H,2-3,8-9,13H2,1H3,(H,22,25). The molecule has 0 saturated carbocycles. The van der Waals surface area contributed by atoms with Gasteiger partial charge in [-0.25, -0.2) is 0 Å².